The molecule has 0 unspecified atom stereocenters. The lowest BCUT2D eigenvalue weighted by Crippen LogP contribution is -2.49. The molecule has 1 N–H and O–H groups in total. The molecule has 7 rings (SSSR count). The minimum Gasteiger partial charge on any atom is -0.353 e. The second kappa shape index (κ2) is 6.45. The fourth-order valence-corrected chi connectivity index (χ4v) is 7.24. The molecule has 1 amide bonds. The molecule has 1 aromatic heterocycles. The Bertz CT molecular complexity index is 903. The number of aromatic nitrogens is 2. The number of hydrogen-bond acceptors (Lipinski definition) is 4. The molecule has 28 heavy (non-hydrogen) atoms. The summed E-state index contributed by atoms with van der Waals surface area (Å²) in [7, 11) is 0. The summed E-state index contributed by atoms with van der Waals surface area (Å²) in [6.07, 6.45) is 10.3. The van der Waals surface area contributed by atoms with E-state index < -0.39 is 0 Å². The Labute approximate surface area is 170 Å². The number of carbonyl (C=O) groups excluding carboxylic acids is 1. The smallest absolute Gasteiger partial charge is 0.230 e. The molecule has 146 valence electrons. The van der Waals surface area contributed by atoms with Crippen LogP contribution in [0.25, 0.3) is 10.9 Å². The number of hydrogen-bond donors (Lipinski definition) is 1. The minimum absolute atomic E-state index is 0.131. The average molecular weight is 394 g/mol. The maximum absolute atomic E-state index is 12.2. The van der Waals surface area contributed by atoms with Gasteiger partial charge in [-0.1, -0.05) is 30.0 Å². The van der Waals surface area contributed by atoms with Gasteiger partial charge >= 0.3 is 0 Å². The Morgan fingerprint density at radius 3 is 2.39 bits per heavy atom. The molecule has 4 nitrogen and oxygen atoms in total. The van der Waals surface area contributed by atoms with Gasteiger partial charge in [-0.15, -0.1) is 0 Å². The second-order valence-corrected chi connectivity index (χ2v) is 10.7. The predicted octanol–water partition coefficient (Wildman–Crippen LogP) is 4.47. The van der Waals surface area contributed by atoms with E-state index >= 15 is 0 Å². The number of fused-ring (bicyclic) bond motifs is 1. The largest absolute Gasteiger partial charge is 0.353 e. The molecular weight excluding hydrogens is 366 g/mol. The van der Waals surface area contributed by atoms with E-state index in [1.807, 2.05) is 6.07 Å². The third-order valence-corrected chi connectivity index (χ3v) is 8.35. The van der Waals surface area contributed by atoms with Gasteiger partial charge in [0.1, 0.15) is 10.9 Å². The lowest BCUT2D eigenvalue weighted by molar-refractivity contribution is -0.118. The van der Waals surface area contributed by atoms with Crippen LogP contribution in [0.1, 0.15) is 57.2 Å². The number of benzene rings is 1. The molecule has 5 heteroatoms. The van der Waals surface area contributed by atoms with Crippen LogP contribution >= 0.6 is 11.8 Å². The van der Waals surface area contributed by atoms with Gasteiger partial charge in [0.15, 0.2) is 0 Å². The molecule has 5 saturated carbocycles. The first-order chi connectivity index (χ1) is 13.7. The van der Waals surface area contributed by atoms with E-state index in [-0.39, 0.29) is 11.3 Å². The molecule has 1 aromatic carbocycles. The number of rotatable bonds is 5. The van der Waals surface area contributed by atoms with Crippen LogP contribution in [0, 0.1) is 17.8 Å². The van der Waals surface area contributed by atoms with Gasteiger partial charge < -0.3 is 5.32 Å². The standard InChI is InChI=1S/C23H27N3OS/c27-20(24-17-5-6-17)13-28-21-18-3-1-2-4-19(18)25-22(26-21)23-10-14-7-15(11-23)9-16(8-14)12-23/h1-4,14-17H,5-13H2,(H,24,27). The van der Waals surface area contributed by atoms with E-state index in [0.29, 0.717) is 11.8 Å². The van der Waals surface area contributed by atoms with Gasteiger partial charge in [-0.25, -0.2) is 9.97 Å². The zero-order valence-corrected chi connectivity index (χ0v) is 17.0. The SMILES string of the molecule is O=C(CSc1nc(C23CC4CC(CC(C4)C2)C3)nc2ccccc12)NC1CC1. The van der Waals surface area contributed by atoms with Crippen LogP contribution in [0.15, 0.2) is 29.3 Å². The van der Waals surface area contributed by atoms with E-state index in [1.165, 1.54) is 38.5 Å². The Hall–Kier alpha value is -1.62. The molecule has 0 atom stereocenters. The predicted molar refractivity (Wildman–Crippen MR) is 111 cm³/mol. The molecular formula is C23H27N3OS. The minimum atomic E-state index is 0.131. The highest BCUT2D eigenvalue weighted by Gasteiger charge is 2.53. The first-order valence-corrected chi connectivity index (χ1v) is 11.8. The Morgan fingerprint density at radius 2 is 1.71 bits per heavy atom. The highest BCUT2D eigenvalue weighted by Crippen LogP contribution is 2.60. The van der Waals surface area contributed by atoms with Crippen molar-refractivity contribution in [2.75, 3.05) is 5.75 Å². The summed E-state index contributed by atoms with van der Waals surface area (Å²) < 4.78 is 0. The highest BCUT2D eigenvalue weighted by molar-refractivity contribution is 8.00. The Balaban J connectivity index is 1.34. The molecule has 0 saturated heterocycles. The normalized spacial score (nSPS) is 33.4. The van der Waals surface area contributed by atoms with Crippen LogP contribution in [-0.2, 0) is 10.2 Å². The van der Waals surface area contributed by atoms with Gasteiger partial charge in [-0.2, -0.15) is 0 Å². The molecule has 0 aliphatic heterocycles. The molecule has 2 aromatic rings. The van der Waals surface area contributed by atoms with Gasteiger partial charge in [-0.3, -0.25) is 4.79 Å². The Kier molecular flexibility index (Phi) is 3.97. The maximum Gasteiger partial charge on any atom is 0.230 e. The lowest BCUT2D eigenvalue weighted by Gasteiger charge is -2.56. The first kappa shape index (κ1) is 17.3. The highest BCUT2D eigenvalue weighted by atomic mass is 32.2. The van der Waals surface area contributed by atoms with Gasteiger partial charge in [0.25, 0.3) is 0 Å². The van der Waals surface area contributed by atoms with Gasteiger partial charge in [0.2, 0.25) is 5.91 Å². The number of para-hydroxylation sites is 1. The fraction of sp³-hybridized carbons (Fsp3) is 0.609. The van der Waals surface area contributed by atoms with Crippen molar-refractivity contribution in [3.8, 4) is 0 Å². The summed E-state index contributed by atoms with van der Waals surface area (Å²) in [4.78, 5) is 22.5. The summed E-state index contributed by atoms with van der Waals surface area (Å²) in [6, 6.07) is 8.73. The molecule has 0 radical (unpaired) electrons. The van der Waals surface area contributed by atoms with Crippen LogP contribution < -0.4 is 5.32 Å². The van der Waals surface area contributed by atoms with Crippen molar-refractivity contribution in [2.24, 2.45) is 17.8 Å². The van der Waals surface area contributed by atoms with Crippen LogP contribution in [0.4, 0.5) is 0 Å². The molecule has 4 bridgehead atoms. The van der Waals surface area contributed by atoms with Crippen LogP contribution in [0.5, 0.6) is 0 Å². The summed E-state index contributed by atoms with van der Waals surface area (Å²) >= 11 is 1.58. The van der Waals surface area contributed by atoms with Crippen molar-refractivity contribution in [2.45, 2.75) is 67.8 Å². The van der Waals surface area contributed by atoms with E-state index in [0.717, 1.165) is 52.3 Å². The van der Waals surface area contributed by atoms with Gasteiger partial charge in [-0.05, 0) is 75.2 Å². The summed E-state index contributed by atoms with van der Waals surface area (Å²) in [5, 5.41) is 5.16. The summed E-state index contributed by atoms with van der Waals surface area (Å²) in [6.45, 7) is 0. The van der Waals surface area contributed by atoms with E-state index in [2.05, 4.69) is 23.5 Å². The van der Waals surface area contributed by atoms with Crippen molar-refractivity contribution in [1.29, 1.82) is 0 Å². The van der Waals surface area contributed by atoms with Crippen molar-refractivity contribution in [3.05, 3.63) is 30.1 Å². The van der Waals surface area contributed by atoms with E-state index in [4.69, 9.17) is 9.97 Å². The van der Waals surface area contributed by atoms with E-state index in [9.17, 15) is 4.79 Å². The molecule has 1 heterocycles. The first-order valence-electron chi connectivity index (χ1n) is 10.9. The zero-order chi connectivity index (χ0) is 18.7. The number of amides is 1. The molecule has 0 spiro atoms. The van der Waals surface area contributed by atoms with Crippen molar-refractivity contribution < 1.29 is 4.79 Å². The van der Waals surface area contributed by atoms with Gasteiger partial charge in [0, 0.05) is 16.8 Å². The van der Waals surface area contributed by atoms with Crippen molar-refractivity contribution >= 4 is 28.6 Å². The van der Waals surface area contributed by atoms with E-state index in [1.54, 1.807) is 11.8 Å². The number of nitrogens with one attached hydrogen (secondary N) is 1. The second-order valence-electron chi connectivity index (χ2n) is 9.70. The third-order valence-electron chi connectivity index (χ3n) is 7.36. The molecule has 5 aliphatic rings. The molecule has 5 aliphatic carbocycles. The summed E-state index contributed by atoms with van der Waals surface area (Å²) in [5.41, 5.74) is 1.22. The van der Waals surface area contributed by atoms with Gasteiger partial charge in [0.05, 0.1) is 11.3 Å². The van der Waals surface area contributed by atoms with Crippen molar-refractivity contribution in [3.63, 3.8) is 0 Å². The lowest BCUT2D eigenvalue weighted by atomic mass is 9.49. The third kappa shape index (κ3) is 3.02. The van der Waals surface area contributed by atoms with Crippen molar-refractivity contribution in [1.82, 2.24) is 15.3 Å². The number of carbonyl (C=O) groups is 1. The monoisotopic (exact) mass is 393 g/mol. The summed E-state index contributed by atoms with van der Waals surface area (Å²) in [5.74, 6) is 4.27. The molecule has 5 fully saturated rings. The van der Waals surface area contributed by atoms with Crippen LogP contribution in [0.2, 0.25) is 0 Å². The fourth-order valence-electron chi connectivity index (χ4n) is 6.41. The zero-order valence-electron chi connectivity index (χ0n) is 16.2. The Morgan fingerprint density at radius 1 is 1.04 bits per heavy atom. The topological polar surface area (TPSA) is 54.9 Å². The number of nitrogens with zero attached hydrogens (tertiary/aromatic N) is 2. The van der Waals surface area contributed by atoms with Crippen LogP contribution in [-0.4, -0.2) is 27.7 Å². The van der Waals surface area contributed by atoms with Crippen LogP contribution in [0.3, 0.4) is 0 Å². The number of thioether (sulfide) groups is 1. The quantitative estimate of drug-likeness (QED) is 0.602. The average Bonchev–Trinajstić information content (AvgIpc) is 3.49. The maximum atomic E-state index is 12.2.